The van der Waals surface area contributed by atoms with Gasteiger partial charge in [-0.05, 0) is 43.3 Å². The molecule has 3 aromatic carbocycles. The van der Waals surface area contributed by atoms with Crippen molar-refractivity contribution in [2.75, 3.05) is 11.9 Å². The topological polar surface area (TPSA) is 41.3 Å². The number of para-hydroxylation sites is 2. The van der Waals surface area contributed by atoms with Crippen LogP contribution in [0.15, 0.2) is 66.7 Å². The summed E-state index contributed by atoms with van der Waals surface area (Å²) in [5.74, 6) is 0.209. The quantitative estimate of drug-likeness (QED) is 0.438. The fourth-order valence-corrected chi connectivity index (χ4v) is 4.12. The van der Waals surface area contributed by atoms with Crippen molar-refractivity contribution in [1.29, 1.82) is 0 Å². The van der Waals surface area contributed by atoms with Crippen molar-refractivity contribution in [3.63, 3.8) is 0 Å². The van der Waals surface area contributed by atoms with Crippen LogP contribution in [0.5, 0.6) is 5.75 Å². The van der Waals surface area contributed by atoms with Gasteiger partial charge in [-0.2, -0.15) is 0 Å². The van der Waals surface area contributed by atoms with Crippen molar-refractivity contribution in [2.45, 2.75) is 6.92 Å². The van der Waals surface area contributed by atoms with Crippen LogP contribution in [-0.2, 0) is 7.05 Å². The Morgan fingerprint density at radius 2 is 1.61 bits per heavy atom. The Morgan fingerprint density at radius 3 is 2.46 bits per heavy atom. The van der Waals surface area contributed by atoms with Gasteiger partial charge in [0, 0.05) is 52.7 Å². The van der Waals surface area contributed by atoms with Gasteiger partial charge < -0.3 is 14.6 Å². The summed E-state index contributed by atoms with van der Waals surface area (Å²) in [4.78, 5) is 6.69. The van der Waals surface area contributed by atoms with Crippen LogP contribution in [0.4, 0.5) is 11.4 Å². The smallest absolute Gasteiger partial charge is 0.141 e. The maximum absolute atomic E-state index is 10.3. The number of phenolic OH excluding ortho intramolecular Hbond substituents is 1. The van der Waals surface area contributed by atoms with E-state index in [2.05, 4.69) is 77.1 Å². The van der Waals surface area contributed by atoms with Gasteiger partial charge in [0.25, 0.3) is 0 Å². The molecule has 0 spiro atoms. The number of anilines is 2. The van der Waals surface area contributed by atoms with Crippen LogP contribution >= 0.6 is 0 Å². The molecule has 0 aliphatic carbocycles. The third-order valence-electron chi connectivity index (χ3n) is 5.57. The Balaban J connectivity index is 1.74. The molecule has 0 saturated carbocycles. The second-order valence-electron chi connectivity index (χ2n) is 7.29. The van der Waals surface area contributed by atoms with Crippen molar-refractivity contribution in [2.24, 2.45) is 7.05 Å². The fourth-order valence-electron chi connectivity index (χ4n) is 4.12. The zero-order valence-electron chi connectivity index (χ0n) is 16.1. The van der Waals surface area contributed by atoms with Gasteiger partial charge in [0.2, 0.25) is 0 Å². The summed E-state index contributed by atoms with van der Waals surface area (Å²) >= 11 is 0. The van der Waals surface area contributed by atoms with Crippen LogP contribution in [0.1, 0.15) is 5.69 Å². The van der Waals surface area contributed by atoms with E-state index < -0.39 is 0 Å². The molecule has 4 heteroatoms. The summed E-state index contributed by atoms with van der Waals surface area (Å²) in [6, 6.07) is 22.7. The van der Waals surface area contributed by atoms with Gasteiger partial charge in [0.15, 0.2) is 0 Å². The van der Waals surface area contributed by atoms with E-state index in [1.807, 2.05) is 19.1 Å². The Kier molecular flexibility index (Phi) is 3.56. The largest absolute Gasteiger partial charge is 0.506 e. The molecule has 28 heavy (non-hydrogen) atoms. The molecule has 2 heterocycles. The molecule has 0 aliphatic rings. The summed E-state index contributed by atoms with van der Waals surface area (Å²) in [6.07, 6.45) is 0. The average molecular weight is 367 g/mol. The monoisotopic (exact) mass is 367 g/mol. The molecule has 2 aromatic heterocycles. The molecule has 0 unspecified atom stereocenters. The number of nitrogens with zero attached hydrogens (tertiary/aromatic N) is 3. The lowest BCUT2D eigenvalue weighted by Crippen LogP contribution is -2.10. The molecule has 1 N–H and O–H groups in total. The zero-order valence-corrected chi connectivity index (χ0v) is 16.1. The molecule has 0 bridgehead atoms. The number of benzene rings is 3. The number of aromatic hydroxyl groups is 1. The van der Waals surface area contributed by atoms with Gasteiger partial charge in [-0.1, -0.05) is 30.3 Å². The number of aromatic nitrogens is 2. The van der Waals surface area contributed by atoms with Crippen molar-refractivity contribution in [3.05, 3.63) is 72.4 Å². The highest BCUT2D eigenvalue weighted by Crippen LogP contribution is 2.37. The Morgan fingerprint density at radius 1 is 0.857 bits per heavy atom. The van der Waals surface area contributed by atoms with Gasteiger partial charge in [-0.15, -0.1) is 0 Å². The van der Waals surface area contributed by atoms with E-state index in [9.17, 15) is 5.11 Å². The maximum Gasteiger partial charge on any atom is 0.141 e. The first-order valence-corrected chi connectivity index (χ1v) is 9.35. The summed E-state index contributed by atoms with van der Waals surface area (Å²) in [7, 11) is 4.17. The van der Waals surface area contributed by atoms with Crippen molar-refractivity contribution in [3.8, 4) is 5.75 Å². The molecule has 5 aromatic rings. The van der Waals surface area contributed by atoms with Gasteiger partial charge in [-0.3, -0.25) is 0 Å². The van der Waals surface area contributed by atoms with Crippen molar-refractivity contribution >= 4 is 44.1 Å². The van der Waals surface area contributed by atoms with Gasteiger partial charge >= 0.3 is 0 Å². The first-order chi connectivity index (χ1) is 13.5. The van der Waals surface area contributed by atoms with Crippen molar-refractivity contribution in [1.82, 2.24) is 9.55 Å². The highest BCUT2D eigenvalue weighted by molar-refractivity contribution is 6.09. The van der Waals surface area contributed by atoms with Crippen LogP contribution in [-0.4, -0.2) is 21.7 Å². The molecule has 138 valence electrons. The normalized spacial score (nSPS) is 11.5. The molecule has 5 rings (SSSR count). The Labute approximate surface area is 163 Å². The SMILES string of the molecule is Cc1cc(N(C)c2ccc3c(c2)c2ccccc2n3C)c2cccc(O)c2n1. The highest BCUT2D eigenvalue weighted by atomic mass is 16.3. The van der Waals surface area contributed by atoms with E-state index in [1.165, 1.54) is 21.8 Å². The lowest BCUT2D eigenvalue weighted by Gasteiger charge is -2.22. The molecule has 0 aliphatic heterocycles. The lowest BCUT2D eigenvalue weighted by atomic mass is 10.1. The number of rotatable bonds is 2. The van der Waals surface area contributed by atoms with E-state index in [-0.39, 0.29) is 5.75 Å². The van der Waals surface area contributed by atoms with Crippen LogP contribution in [0.25, 0.3) is 32.7 Å². The molecule has 0 radical (unpaired) electrons. The number of fused-ring (bicyclic) bond motifs is 4. The van der Waals surface area contributed by atoms with E-state index >= 15 is 0 Å². The third kappa shape index (κ3) is 2.34. The summed E-state index contributed by atoms with van der Waals surface area (Å²) < 4.78 is 2.23. The number of phenols is 1. The molecule has 0 fully saturated rings. The molecule has 0 amide bonds. The maximum atomic E-state index is 10.3. The van der Waals surface area contributed by atoms with E-state index in [4.69, 9.17) is 0 Å². The molecule has 0 atom stereocenters. The van der Waals surface area contributed by atoms with Gasteiger partial charge in [0.05, 0.1) is 5.69 Å². The first-order valence-electron chi connectivity index (χ1n) is 9.35. The third-order valence-corrected chi connectivity index (χ3v) is 5.57. The second kappa shape index (κ2) is 5.99. The fraction of sp³-hybridized carbons (Fsp3) is 0.125. The molecular weight excluding hydrogens is 346 g/mol. The summed E-state index contributed by atoms with van der Waals surface area (Å²) in [5, 5.41) is 13.7. The number of pyridine rings is 1. The molecule has 4 nitrogen and oxygen atoms in total. The standard InChI is InChI=1S/C24H21N3O/c1-15-13-22(18-8-6-10-23(28)24(18)25-15)26(2)16-11-12-21-19(14-16)17-7-4-5-9-20(17)27(21)3/h4-14,28H,1-3H3. The van der Waals surface area contributed by atoms with Crippen molar-refractivity contribution < 1.29 is 5.11 Å². The average Bonchev–Trinajstić information content (AvgIpc) is 3.00. The van der Waals surface area contributed by atoms with Crippen LogP contribution in [0.2, 0.25) is 0 Å². The minimum absolute atomic E-state index is 0.209. The number of aryl methyl sites for hydroxylation is 2. The Bertz CT molecular complexity index is 1370. The number of hydrogen-bond donors (Lipinski definition) is 1. The van der Waals surface area contributed by atoms with Crippen LogP contribution < -0.4 is 4.90 Å². The van der Waals surface area contributed by atoms with Crippen LogP contribution in [0.3, 0.4) is 0 Å². The predicted molar refractivity (Wildman–Crippen MR) is 117 cm³/mol. The first kappa shape index (κ1) is 16.6. The van der Waals surface area contributed by atoms with Gasteiger partial charge in [-0.25, -0.2) is 4.98 Å². The summed E-state index contributed by atoms with van der Waals surface area (Å²) in [6.45, 7) is 1.96. The molecular formula is C24H21N3O. The number of hydrogen-bond acceptors (Lipinski definition) is 3. The zero-order chi connectivity index (χ0) is 19.4. The van der Waals surface area contributed by atoms with E-state index in [0.717, 1.165) is 22.5 Å². The highest BCUT2D eigenvalue weighted by Gasteiger charge is 2.14. The molecule has 0 saturated heterocycles. The Hall–Kier alpha value is -3.53. The predicted octanol–water partition coefficient (Wildman–Crippen LogP) is 5.66. The van der Waals surface area contributed by atoms with Crippen LogP contribution in [0, 0.1) is 6.92 Å². The minimum Gasteiger partial charge on any atom is -0.506 e. The second-order valence-corrected chi connectivity index (χ2v) is 7.29. The summed E-state index contributed by atoms with van der Waals surface area (Å²) in [5.41, 5.74) is 6.08. The lowest BCUT2D eigenvalue weighted by molar-refractivity contribution is 0.480. The van der Waals surface area contributed by atoms with E-state index in [1.54, 1.807) is 6.07 Å². The van der Waals surface area contributed by atoms with E-state index in [0.29, 0.717) is 5.52 Å². The van der Waals surface area contributed by atoms with Gasteiger partial charge in [0.1, 0.15) is 11.3 Å². The minimum atomic E-state index is 0.209.